The van der Waals surface area contributed by atoms with E-state index in [-0.39, 0.29) is 17.7 Å². The summed E-state index contributed by atoms with van der Waals surface area (Å²) in [6.45, 7) is 0. The van der Waals surface area contributed by atoms with Crippen LogP contribution in [0.25, 0.3) is 10.2 Å². The number of benzene rings is 2. The van der Waals surface area contributed by atoms with Crippen molar-refractivity contribution < 1.29 is 14.8 Å². The number of fused-ring (bicyclic) bond motifs is 1. The van der Waals surface area contributed by atoms with Crippen LogP contribution in [0.3, 0.4) is 0 Å². The minimum Gasteiger partial charge on any atom is -0.477 e. The Kier molecular flexibility index (Phi) is 6.21. The van der Waals surface area contributed by atoms with Crippen LogP contribution in [0.5, 0.6) is 0 Å². The number of halogens is 1. The number of carboxylic acid groups (broad SMARTS) is 1. The van der Waals surface area contributed by atoms with Gasteiger partial charge in [-0.1, -0.05) is 41.1 Å². The van der Waals surface area contributed by atoms with Crippen LogP contribution >= 0.6 is 22.9 Å². The third-order valence-electron chi connectivity index (χ3n) is 3.18. The number of nitrogens with zero attached hydrogens (tertiary/aromatic N) is 2. The summed E-state index contributed by atoms with van der Waals surface area (Å²) < 4.78 is 1.08. The van der Waals surface area contributed by atoms with Crippen LogP contribution in [0, 0.1) is 15.5 Å². The molecule has 4 N–H and O–H groups in total. The number of hydrogen-bond acceptors (Lipinski definition) is 7. The monoisotopic (exact) mass is 392 g/mol. The molecule has 1 aromatic heterocycles. The zero-order valence-corrected chi connectivity index (χ0v) is 14.8. The summed E-state index contributed by atoms with van der Waals surface area (Å²) in [7, 11) is 0. The number of para-hydroxylation sites is 1. The SMILES string of the molecule is N=C(Cc1ccccc1[N+](=O)[O-])C(=O)O.Nc1nc2cc(Cl)ccc2s1. The molecule has 0 saturated heterocycles. The number of nitrogen functional groups attached to an aromatic ring is 1. The van der Waals surface area contributed by atoms with Crippen LogP contribution < -0.4 is 5.73 Å². The molecule has 0 aliphatic rings. The van der Waals surface area contributed by atoms with Crippen LogP contribution in [0.4, 0.5) is 10.8 Å². The van der Waals surface area contributed by atoms with Crippen molar-refractivity contribution in [3.05, 3.63) is 63.2 Å². The summed E-state index contributed by atoms with van der Waals surface area (Å²) in [5, 5.41) is 27.4. The first-order valence-corrected chi connectivity index (χ1v) is 8.32. The number of carbonyl (C=O) groups is 1. The van der Waals surface area contributed by atoms with Gasteiger partial charge >= 0.3 is 5.97 Å². The van der Waals surface area contributed by atoms with E-state index in [9.17, 15) is 14.9 Å². The van der Waals surface area contributed by atoms with Crippen molar-refractivity contribution in [2.24, 2.45) is 0 Å². The zero-order valence-electron chi connectivity index (χ0n) is 13.2. The number of aliphatic carboxylic acids is 1. The first-order chi connectivity index (χ1) is 12.3. The molecular weight excluding hydrogens is 380 g/mol. The van der Waals surface area contributed by atoms with E-state index in [4.69, 9.17) is 27.9 Å². The lowest BCUT2D eigenvalue weighted by atomic mass is 10.1. The van der Waals surface area contributed by atoms with Crippen molar-refractivity contribution in [1.82, 2.24) is 4.98 Å². The summed E-state index contributed by atoms with van der Waals surface area (Å²) in [6.07, 6.45) is -0.244. The fourth-order valence-corrected chi connectivity index (χ4v) is 2.90. The van der Waals surface area contributed by atoms with Crippen molar-refractivity contribution in [1.29, 1.82) is 5.41 Å². The lowest BCUT2D eigenvalue weighted by Gasteiger charge is -2.00. The molecule has 2 aromatic carbocycles. The summed E-state index contributed by atoms with van der Waals surface area (Å²) in [5.74, 6) is -1.37. The Labute approximate surface area is 156 Å². The van der Waals surface area contributed by atoms with Crippen molar-refractivity contribution in [2.75, 3.05) is 5.73 Å². The second-order valence-corrected chi connectivity index (χ2v) is 6.51. The molecule has 134 valence electrons. The number of anilines is 1. The smallest absolute Gasteiger partial charge is 0.349 e. The maximum Gasteiger partial charge on any atom is 0.349 e. The maximum absolute atomic E-state index is 10.6. The Balaban J connectivity index is 0.000000195. The van der Waals surface area contributed by atoms with E-state index in [1.165, 1.54) is 29.5 Å². The molecule has 0 aliphatic heterocycles. The molecule has 0 bridgehead atoms. The van der Waals surface area contributed by atoms with E-state index < -0.39 is 16.6 Å². The van der Waals surface area contributed by atoms with E-state index in [0.717, 1.165) is 10.2 Å². The Hall–Kier alpha value is -3.04. The molecule has 0 saturated carbocycles. The summed E-state index contributed by atoms with van der Waals surface area (Å²) in [4.78, 5) is 24.4. The standard InChI is InChI=1S/C9H8N2O4.C7H5ClN2S/c10-7(9(12)13)5-6-3-1-2-4-8(6)11(14)15;8-4-1-2-6-5(3-4)10-7(9)11-6/h1-4,10H,5H2,(H,12,13);1-3H,(H2,9,10). The number of nitro benzene ring substituents is 1. The van der Waals surface area contributed by atoms with Gasteiger partial charge in [-0.05, 0) is 18.2 Å². The Bertz CT molecular complexity index is 989. The molecule has 3 rings (SSSR count). The van der Waals surface area contributed by atoms with E-state index in [1.54, 1.807) is 6.07 Å². The van der Waals surface area contributed by atoms with E-state index in [2.05, 4.69) is 4.98 Å². The van der Waals surface area contributed by atoms with Crippen LogP contribution in [-0.2, 0) is 11.2 Å². The fraction of sp³-hybridized carbons (Fsp3) is 0.0625. The highest BCUT2D eigenvalue weighted by molar-refractivity contribution is 7.22. The molecule has 0 fully saturated rings. The van der Waals surface area contributed by atoms with Crippen molar-refractivity contribution in [3.63, 3.8) is 0 Å². The van der Waals surface area contributed by atoms with Gasteiger partial charge in [0, 0.05) is 23.1 Å². The maximum atomic E-state index is 10.6. The molecule has 26 heavy (non-hydrogen) atoms. The average Bonchev–Trinajstić information content (AvgIpc) is 2.94. The lowest BCUT2D eigenvalue weighted by Crippen LogP contribution is -2.14. The Morgan fingerprint density at radius 1 is 1.35 bits per heavy atom. The van der Waals surface area contributed by atoms with Crippen LogP contribution in [0.1, 0.15) is 5.56 Å². The predicted octanol–water partition coefficient (Wildman–Crippen LogP) is 3.77. The predicted molar refractivity (Wildman–Crippen MR) is 101 cm³/mol. The number of hydrogen-bond donors (Lipinski definition) is 3. The molecule has 0 atom stereocenters. The van der Waals surface area contributed by atoms with Gasteiger partial charge in [-0.2, -0.15) is 0 Å². The van der Waals surface area contributed by atoms with E-state index in [1.807, 2.05) is 18.2 Å². The number of nitro groups is 1. The van der Waals surface area contributed by atoms with Crippen LogP contribution in [0.15, 0.2) is 42.5 Å². The van der Waals surface area contributed by atoms with Crippen molar-refractivity contribution in [3.8, 4) is 0 Å². The normalized spacial score (nSPS) is 10.0. The quantitative estimate of drug-likeness (QED) is 0.350. The third-order valence-corrected chi connectivity index (χ3v) is 4.28. The van der Waals surface area contributed by atoms with Gasteiger partial charge in [0.05, 0.1) is 15.1 Å². The second kappa shape index (κ2) is 8.37. The summed E-state index contributed by atoms with van der Waals surface area (Å²) in [6, 6.07) is 11.3. The minimum absolute atomic E-state index is 0.163. The molecule has 10 heteroatoms. The van der Waals surface area contributed by atoms with Gasteiger partial charge in [-0.15, -0.1) is 0 Å². The van der Waals surface area contributed by atoms with Crippen molar-refractivity contribution in [2.45, 2.75) is 6.42 Å². The van der Waals surface area contributed by atoms with E-state index >= 15 is 0 Å². The number of nitrogens with one attached hydrogen (secondary N) is 1. The van der Waals surface area contributed by atoms with Gasteiger partial charge < -0.3 is 10.8 Å². The number of nitrogens with two attached hydrogens (primary N) is 1. The topological polar surface area (TPSA) is 143 Å². The first kappa shape index (κ1) is 19.3. The highest BCUT2D eigenvalue weighted by Crippen LogP contribution is 2.25. The number of rotatable bonds is 4. The Morgan fingerprint density at radius 2 is 2.04 bits per heavy atom. The fourth-order valence-electron chi connectivity index (χ4n) is 2.02. The van der Waals surface area contributed by atoms with Gasteiger partial charge in [0.15, 0.2) is 5.13 Å². The van der Waals surface area contributed by atoms with Crippen LogP contribution in [0.2, 0.25) is 5.02 Å². The number of thiazole rings is 1. The van der Waals surface area contributed by atoms with Gasteiger partial charge in [0.2, 0.25) is 0 Å². The molecule has 8 nitrogen and oxygen atoms in total. The van der Waals surface area contributed by atoms with Crippen molar-refractivity contribution >= 4 is 55.7 Å². The molecule has 1 heterocycles. The minimum atomic E-state index is -1.37. The van der Waals surface area contributed by atoms with Gasteiger partial charge in [-0.3, -0.25) is 15.5 Å². The molecule has 0 spiro atoms. The first-order valence-electron chi connectivity index (χ1n) is 7.12. The van der Waals surface area contributed by atoms with Gasteiger partial charge in [0.25, 0.3) is 5.69 Å². The molecule has 0 aliphatic carbocycles. The van der Waals surface area contributed by atoms with E-state index in [0.29, 0.717) is 10.2 Å². The molecule has 0 radical (unpaired) electrons. The van der Waals surface area contributed by atoms with Gasteiger partial charge in [0.1, 0.15) is 5.71 Å². The summed E-state index contributed by atoms with van der Waals surface area (Å²) in [5.41, 5.74) is 5.88. The second-order valence-electron chi connectivity index (χ2n) is 5.01. The highest BCUT2D eigenvalue weighted by atomic mass is 35.5. The lowest BCUT2D eigenvalue weighted by molar-refractivity contribution is -0.385. The van der Waals surface area contributed by atoms with Gasteiger partial charge in [-0.25, -0.2) is 9.78 Å². The molecule has 0 amide bonds. The number of aromatic nitrogens is 1. The Morgan fingerprint density at radius 3 is 2.69 bits per heavy atom. The third kappa shape index (κ3) is 4.98. The average molecular weight is 393 g/mol. The summed E-state index contributed by atoms with van der Waals surface area (Å²) >= 11 is 7.22. The molecule has 3 aromatic rings. The zero-order chi connectivity index (χ0) is 19.3. The largest absolute Gasteiger partial charge is 0.477 e. The highest BCUT2D eigenvalue weighted by Gasteiger charge is 2.16. The molecule has 0 unspecified atom stereocenters. The number of carboxylic acids is 1. The van der Waals surface area contributed by atoms with Crippen LogP contribution in [-0.4, -0.2) is 26.7 Å². The molecular formula is C16H13ClN4O4S.